The van der Waals surface area contributed by atoms with Gasteiger partial charge in [-0.15, -0.1) is 0 Å². The molecule has 0 radical (unpaired) electrons. The molecule has 0 saturated carbocycles. The Kier molecular flexibility index (Phi) is 2.61. The van der Waals surface area contributed by atoms with Crippen molar-refractivity contribution in [2.75, 3.05) is 5.32 Å². The second-order valence-electron chi connectivity index (χ2n) is 6.10. The number of benzene rings is 3. The summed E-state index contributed by atoms with van der Waals surface area (Å²) in [7, 11) is 0. The van der Waals surface area contributed by atoms with Crippen LogP contribution in [0.5, 0.6) is 0 Å². The van der Waals surface area contributed by atoms with Crippen molar-refractivity contribution in [2.24, 2.45) is 0 Å². The predicted octanol–water partition coefficient (Wildman–Crippen LogP) is 3.82. The van der Waals surface area contributed by atoms with Crippen LogP contribution >= 0.6 is 0 Å². The van der Waals surface area contributed by atoms with Crippen molar-refractivity contribution in [1.29, 1.82) is 0 Å². The van der Waals surface area contributed by atoms with Crippen molar-refractivity contribution >= 4 is 33.2 Å². The Labute approximate surface area is 137 Å². The van der Waals surface area contributed by atoms with Crippen LogP contribution in [0.1, 0.15) is 17.2 Å². The highest BCUT2D eigenvalue weighted by Gasteiger charge is 2.24. The van der Waals surface area contributed by atoms with Crippen molar-refractivity contribution in [3.63, 3.8) is 0 Å². The molecule has 1 aliphatic rings. The van der Waals surface area contributed by atoms with Gasteiger partial charge >= 0.3 is 0 Å². The first kappa shape index (κ1) is 13.3. The normalized spacial score (nSPS) is 15.8. The smallest absolute Gasteiger partial charge is 0.197 e. The summed E-state index contributed by atoms with van der Waals surface area (Å²) in [6.07, 6.45) is -0.711. The summed E-state index contributed by atoms with van der Waals surface area (Å²) in [5.41, 5.74) is 4.78. The van der Waals surface area contributed by atoms with Crippen LogP contribution in [0.4, 0.5) is 11.4 Å². The summed E-state index contributed by atoms with van der Waals surface area (Å²) in [4.78, 5) is 16.1. The number of aliphatic hydroxyl groups excluding tert-OH is 1. The lowest BCUT2D eigenvalue weighted by Crippen LogP contribution is -2.14. The molecule has 1 unspecified atom stereocenters. The number of aromatic amines is 1. The van der Waals surface area contributed by atoms with E-state index < -0.39 is 6.10 Å². The summed E-state index contributed by atoms with van der Waals surface area (Å²) >= 11 is 0. The van der Waals surface area contributed by atoms with Crippen molar-refractivity contribution in [1.82, 2.24) is 4.98 Å². The molecule has 4 aromatic rings. The zero-order valence-corrected chi connectivity index (χ0v) is 12.7. The number of aromatic nitrogens is 1. The highest BCUT2D eigenvalue weighted by Crippen LogP contribution is 2.40. The summed E-state index contributed by atoms with van der Waals surface area (Å²) in [5, 5.41) is 15.3. The molecular formula is C20H14N2O2. The third-order valence-electron chi connectivity index (χ3n) is 4.69. The van der Waals surface area contributed by atoms with Gasteiger partial charge in [-0.05, 0) is 30.3 Å². The van der Waals surface area contributed by atoms with Crippen LogP contribution in [0.15, 0.2) is 65.5 Å². The molecule has 4 heteroatoms. The Morgan fingerprint density at radius 2 is 1.58 bits per heavy atom. The van der Waals surface area contributed by atoms with Crippen LogP contribution in [0.25, 0.3) is 21.8 Å². The van der Waals surface area contributed by atoms with Gasteiger partial charge in [0.2, 0.25) is 0 Å². The predicted molar refractivity (Wildman–Crippen MR) is 95.9 cm³/mol. The number of hydrogen-bond acceptors (Lipinski definition) is 3. The zero-order valence-electron chi connectivity index (χ0n) is 12.7. The first-order valence-corrected chi connectivity index (χ1v) is 7.85. The van der Waals surface area contributed by atoms with E-state index in [2.05, 4.69) is 10.3 Å². The third-order valence-corrected chi connectivity index (χ3v) is 4.69. The Morgan fingerprint density at radius 3 is 2.50 bits per heavy atom. The van der Waals surface area contributed by atoms with Gasteiger partial charge in [-0.1, -0.05) is 30.3 Å². The molecule has 116 valence electrons. The second kappa shape index (κ2) is 4.69. The lowest BCUT2D eigenvalue weighted by molar-refractivity contribution is 0.220. The van der Waals surface area contributed by atoms with E-state index in [0.29, 0.717) is 10.8 Å². The number of aliphatic hydroxyl groups is 1. The fraction of sp³-hybridized carbons (Fsp3) is 0.0500. The van der Waals surface area contributed by atoms with Crippen LogP contribution < -0.4 is 10.7 Å². The molecular weight excluding hydrogens is 300 g/mol. The number of pyridine rings is 1. The maximum atomic E-state index is 12.8. The molecule has 1 aliphatic heterocycles. The van der Waals surface area contributed by atoms with Gasteiger partial charge in [0.05, 0.1) is 5.52 Å². The number of fused-ring (bicyclic) bond motifs is 4. The maximum absolute atomic E-state index is 12.8. The summed E-state index contributed by atoms with van der Waals surface area (Å²) in [6.45, 7) is 0. The topological polar surface area (TPSA) is 65.1 Å². The first-order chi connectivity index (χ1) is 11.7. The van der Waals surface area contributed by atoms with Crippen molar-refractivity contribution in [3.05, 3.63) is 82.0 Å². The highest BCUT2D eigenvalue weighted by atomic mass is 16.3. The SMILES string of the molecule is O=c1c2ccccc2[nH]c2cc3c(cc12)Nc1ccccc1C3O. The van der Waals surface area contributed by atoms with Gasteiger partial charge in [0.15, 0.2) is 5.43 Å². The molecule has 0 aliphatic carbocycles. The fourth-order valence-electron chi connectivity index (χ4n) is 3.48. The fourth-order valence-corrected chi connectivity index (χ4v) is 3.48. The van der Waals surface area contributed by atoms with Crippen LogP contribution in [0, 0.1) is 0 Å². The molecule has 1 aromatic heterocycles. The second-order valence-corrected chi connectivity index (χ2v) is 6.10. The number of nitrogens with one attached hydrogen (secondary N) is 2. The van der Waals surface area contributed by atoms with Crippen molar-refractivity contribution in [3.8, 4) is 0 Å². The Balaban J connectivity index is 1.84. The molecule has 0 spiro atoms. The molecule has 0 bridgehead atoms. The quantitative estimate of drug-likeness (QED) is 0.432. The van der Waals surface area contributed by atoms with Gasteiger partial charge in [-0.3, -0.25) is 4.79 Å². The van der Waals surface area contributed by atoms with Gasteiger partial charge in [0, 0.05) is 38.8 Å². The molecule has 4 nitrogen and oxygen atoms in total. The minimum absolute atomic E-state index is 0.00250. The summed E-state index contributed by atoms with van der Waals surface area (Å²) in [6, 6.07) is 18.8. The van der Waals surface area contributed by atoms with Crippen molar-refractivity contribution < 1.29 is 5.11 Å². The standard InChI is InChI=1S/C20H14N2O2/c23-19-11-5-1-3-7-15(11)21-17-10-14-18(9-13(17)19)22-16-8-4-2-6-12(16)20(14)24/h1-10,19,21,23H,(H,22,24). The van der Waals surface area contributed by atoms with E-state index in [9.17, 15) is 9.90 Å². The largest absolute Gasteiger partial charge is 0.383 e. The lowest BCUT2D eigenvalue weighted by Gasteiger charge is -2.26. The van der Waals surface area contributed by atoms with E-state index in [4.69, 9.17) is 0 Å². The molecule has 3 N–H and O–H groups in total. The Bertz CT molecular complexity index is 1180. The van der Waals surface area contributed by atoms with Crippen molar-refractivity contribution in [2.45, 2.75) is 6.10 Å². The zero-order chi connectivity index (χ0) is 16.3. The van der Waals surface area contributed by atoms with E-state index in [0.717, 1.165) is 33.5 Å². The van der Waals surface area contributed by atoms with E-state index in [-0.39, 0.29) is 5.43 Å². The van der Waals surface area contributed by atoms with E-state index in [1.165, 1.54) is 0 Å². The third kappa shape index (κ3) is 1.74. The maximum Gasteiger partial charge on any atom is 0.197 e. The van der Waals surface area contributed by atoms with Gasteiger partial charge in [-0.25, -0.2) is 0 Å². The molecule has 0 amide bonds. The molecule has 3 aromatic carbocycles. The number of anilines is 2. The number of rotatable bonds is 0. The van der Waals surface area contributed by atoms with Crippen LogP contribution in [-0.4, -0.2) is 10.1 Å². The van der Waals surface area contributed by atoms with Crippen LogP contribution in [0.3, 0.4) is 0 Å². The lowest BCUT2D eigenvalue weighted by atomic mass is 9.93. The minimum atomic E-state index is -0.711. The van der Waals surface area contributed by atoms with Gasteiger partial charge in [0.1, 0.15) is 6.10 Å². The average Bonchev–Trinajstić information content (AvgIpc) is 2.62. The summed E-state index contributed by atoms with van der Waals surface area (Å²) < 4.78 is 0. The Morgan fingerprint density at radius 1 is 0.792 bits per heavy atom. The van der Waals surface area contributed by atoms with E-state index >= 15 is 0 Å². The molecule has 5 rings (SSSR count). The minimum Gasteiger partial charge on any atom is -0.383 e. The van der Waals surface area contributed by atoms with Gasteiger partial charge < -0.3 is 15.4 Å². The number of para-hydroxylation sites is 2. The monoisotopic (exact) mass is 314 g/mol. The number of H-pyrrole nitrogens is 1. The molecule has 0 saturated heterocycles. The first-order valence-electron chi connectivity index (χ1n) is 7.85. The van der Waals surface area contributed by atoms with Crippen LogP contribution in [-0.2, 0) is 0 Å². The molecule has 2 heterocycles. The average molecular weight is 314 g/mol. The molecule has 1 atom stereocenters. The Hall–Kier alpha value is -3.11. The van der Waals surface area contributed by atoms with Gasteiger partial charge in [-0.2, -0.15) is 0 Å². The summed E-state index contributed by atoms with van der Waals surface area (Å²) in [5.74, 6) is 0. The highest BCUT2D eigenvalue weighted by molar-refractivity contribution is 5.95. The van der Waals surface area contributed by atoms with Gasteiger partial charge in [0.25, 0.3) is 0 Å². The van der Waals surface area contributed by atoms with Crippen LogP contribution in [0.2, 0.25) is 0 Å². The molecule has 24 heavy (non-hydrogen) atoms. The molecule has 0 fully saturated rings. The van der Waals surface area contributed by atoms with E-state index in [1.54, 1.807) is 0 Å². The number of hydrogen-bond donors (Lipinski definition) is 3. The van der Waals surface area contributed by atoms with E-state index in [1.807, 2.05) is 60.7 Å².